The number of hydrogen-bond donors (Lipinski definition) is 1. The molecule has 0 saturated carbocycles. The molecule has 0 radical (unpaired) electrons. The van der Waals surface area contributed by atoms with Gasteiger partial charge in [-0.25, -0.2) is 0 Å². The molecule has 0 spiro atoms. The Morgan fingerprint density at radius 2 is 1.85 bits per heavy atom. The largest absolute Gasteiger partial charge is 0.427 e. The number of esters is 1. The van der Waals surface area contributed by atoms with Gasteiger partial charge in [-0.15, -0.1) is 0 Å². The van der Waals surface area contributed by atoms with Crippen LogP contribution in [-0.4, -0.2) is 11.8 Å². The lowest BCUT2D eigenvalue weighted by molar-refractivity contribution is -0.131. The molecule has 0 unspecified atom stereocenters. The summed E-state index contributed by atoms with van der Waals surface area (Å²) in [4.78, 5) is 22.8. The van der Waals surface area contributed by atoms with E-state index in [2.05, 4.69) is 17.5 Å². The van der Waals surface area contributed by atoms with E-state index >= 15 is 0 Å². The number of anilines is 1. The van der Waals surface area contributed by atoms with Crippen molar-refractivity contribution in [2.24, 2.45) is 5.92 Å². The van der Waals surface area contributed by atoms with E-state index in [1.54, 1.807) is 6.92 Å². The van der Waals surface area contributed by atoms with Crippen molar-refractivity contribution >= 4 is 17.4 Å². The molecule has 4 rings (SSSR count). The maximum Gasteiger partial charge on any atom is 0.308 e. The van der Waals surface area contributed by atoms with Gasteiger partial charge in [0.1, 0.15) is 5.75 Å². The molecule has 1 heterocycles. The van der Waals surface area contributed by atoms with E-state index in [1.807, 2.05) is 42.5 Å². The summed E-state index contributed by atoms with van der Waals surface area (Å²) < 4.78 is 5.13. The molecule has 3 atom stereocenters. The Morgan fingerprint density at radius 1 is 1.08 bits per heavy atom. The van der Waals surface area contributed by atoms with Gasteiger partial charge >= 0.3 is 5.97 Å². The summed E-state index contributed by atoms with van der Waals surface area (Å²) in [5, 5.41) is 3.65. The zero-order valence-corrected chi connectivity index (χ0v) is 14.9. The van der Waals surface area contributed by atoms with Crippen LogP contribution >= 0.6 is 0 Å². The maximum atomic E-state index is 11.7. The van der Waals surface area contributed by atoms with Crippen molar-refractivity contribution in [1.29, 1.82) is 0 Å². The molecule has 26 heavy (non-hydrogen) atoms. The fraction of sp³-hybridized carbons (Fsp3) is 0.273. The van der Waals surface area contributed by atoms with Crippen molar-refractivity contribution < 1.29 is 14.3 Å². The molecule has 2 aromatic carbocycles. The molecule has 2 aliphatic rings. The second kappa shape index (κ2) is 6.45. The van der Waals surface area contributed by atoms with Crippen LogP contribution in [0.15, 0.2) is 54.6 Å². The Bertz CT molecular complexity index is 898. The van der Waals surface area contributed by atoms with Crippen LogP contribution < -0.4 is 10.1 Å². The number of ketones is 1. The van der Waals surface area contributed by atoms with Gasteiger partial charge in [-0.05, 0) is 60.7 Å². The normalized spacial score (nSPS) is 22.9. The molecule has 0 bridgehead atoms. The van der Waals surface area contributed by atoms with Gasteiger partial charge in [0, 0.05) is 24.1 Å². The molecular weight excluding hydrogens is 326 g/mol. The van der Waals surface area contributed by atoms with Crippen LogP contribution in [0, 0.1) is 5.92 Å². The topological polar surface area (TPSA) is 55.4 Å². The van der Waals surface area contributed by atoms with Gasteiger partial charge in [-0.1, -0.05) is 24.3 Å². The summed E-state index contributed by atoms with van der Waals surface area (Å²) in [6.07, 6.45) is 5.49. The zero-order valence-electron chi connectivity index (χ0n) is 14.9. The third-order valence-corrected chi connectivity index (χ3v) is 5.27. The molecule has 0 fully saturated rings. The molecule has 0 aromatic heterocycles. The Labute approximate surface area is 152 Å². The van der Waals surface area contributed by atoms with Crippen LogP contribution in [0.3, 0.4) is 0 Å². The summed E-state index contributed by atoms with van der Waals surface area (Å²) >= 11 is 0. The number of hydrogen-bond acceptors (Lipinski definition) is 4. The third-order valence-electron chi connectivity index (χ3n) is 5.27. The molecule has 0 amide bonds. The van der Waals surface area contributed by atoms with Crippen LogP contribution in [0.4, 0.5) is 5.69 Å². The number of carbonyl (C=O) groups is 2. The average molecular weight is 347 g/mol. The van der Waals surface area contributed by atoms with Crippen LogP contribution in [0.1, 0.15) is 53.7 Å². The summed E-state index contributed by atoms with van der Waals surface area (Å²) in [6.45, 7) is 3.01. The molecule has 0 saturated heterocycles. The molecule has 1 aliphatic carbocycles. The van der Waals surface area contributed by atoms with Crippen molar-refractivity contribution in [3.63, 3.8) is 0 Å². The lowest BCUT2D eigenvalue weighted by atomic mass is 9.76. The van der Waals surface area contributed by atoms with Gasteiger partial charge in [0.15, 0.2) is 5.78 Å². The van der Waals surface area contributed by atoms with Gasteiger partial charge in [-0.3, -0.25) is 9.59 Å². The molecule has 1 N–H and O–H groups in total. The number of allylic oxidation sites excluding steroid dienone is 2. The highest BCUT2D eigenvalue weighted by molar-refractivity contribution is 5.95. The predicted octanol–water partition coefficient (Wildman–Crippen LogP) is 4.64. The van der Waals surface area contributed by atoms with E-state index in [0.717, 1.165) is 17.7 Å². The van der Waals surface area contributed by atoms with Gasteiger partial charge < -0.3 is 10.1 Å². The van der Waals surface area contributed by atoms with Crippen molar-refractivity contribution in [3.8, 4) is 5.75 Å². The first-order chi connectivity index (χ1) is 12.5. The summed E-state index contributed by atoms with van der Waals surface area (Å²) in [7, 11) is 0. The molecule has 4 nitrogen and oxygen atoms in total. The molecule has 2 aromatic rings. The number of rotatable bonds is 3. The molecule has 132 valence electrons. The van der Waals surface area contributed by atoms with E-state index in [4.69, 9.17) is 4.74 Å². The summed E-state index contributed by atoms with van der Waals surface area (Å²) in [6, 6.07) is 13.8. The zero-order chi connectivity index (χ0) is 18.3. The predicted molar refractivity (Wildman–Crippen MR) is 101 cm³/mol. The fourth-order valence-corrected chi connectivity index (χ4v) is 4.05. The molecular formula is C22H21NO3. The van der Waals surface area contributed by atoms with Crippen molar-refractivity contribution in [2.75, 3.05) is 5.32 Å². The average Bonchev–Trinajstić information content (AvgIpc) is 3.11. The Balaban J connectivity index is 1.67. The Hall–Kier alpha value is -2.88. The monoisotopic (exact) mass is 347 g/mol. The van der Waals surface area contributed by atoms with E-state index in [0.29, 0.717) is 17.6 Å². The summed E-state index contributed by atoms with van der Waals surface area (Å²) in [5.41, 5.74) is 4.20. The smallest absolute Gasteiger partial charge is 0.308 e. The lowest BCUT2D eigenvalue weighted by Crippen LogP contribution is -2.29. The van der Waals surface area contributed by atoms with Gasteiger partial charge in [0.25, 0.3) is 0 Å². The molecule has 1 aliphatic heterocycles. The first-order valence-electron chi connectivity index (χ1n) is 8.89. The minimum absolute atomic E-state index is 0.0921. The highest BCUT2D eigenvalue weighted by Gasteiger charge is 2.38. The standard InChI is InChI=1S/C22H21NO3/c1-13(24)16-8-11-21-20(12-16)18-4-3-5-19(18)22(23-21)15-6-9-17(10-7-15)26-14(2)25/h3-4,6-12,18-19,22-23H,5H2,1-2H3/t18-,19+,22-/m0/s1. The third kappa shape index (κ3) is 2.92. The first-order valence-corrected chi connectivity index (χ1v) is 8.89. The van der Waals surface area contributed by atoms with Crippen molar-refractivity contribution in [2.45, 2.75) is 32.2 Å². The minimum Gasteiger partial charge on any atom is -0.427 e. The number of carbonyl (C=O) groups excluding carboxylic acids is 2. The highest BCUT2D eigenvalue weighted by Crippen LogP contribution is 2.50. The first kappa shape index (κ1) is 16.6. The lowest BCUT2D eigenvalue weighted by Gasteiger charge is -2.37. The number of ether oxygens (including phenoxy) is 1. The quantitative estimate of drug-likeness (QED) is 0.380. The number of Topliss-reactive ketones (excluding diaryl/α,β-unsaturated/α-hetero) is 1. The SMILES string of the molecule is CC(=O)Oc1ccc([C@@H]2Nc3ccc(C(C)=O)cc3[C@H]3C=CC[C@H]32)cc1. The van der Waals surface area contributed by atoms with E-state index in [9.17, 15) is 9.59 Å². The van der Waals surface area contributed by atoms with E-state index in [-0.39, 0.29) is 17.8 Å². The van der Waals surface area contributed by atoms with E-state index in [1.165, 1.54) is 18.1 Å². The Morgan fingerprint density at radius 3 is 2.54 bits per heavy atom. The van der Waals surface area contributed by atoms with Crippen molar-refractivity contribution in [3.05, 3.63) is 71.3 Å². The second-order valence-electron chi connectivity index (χ2n) is 7.00. The van der Waals surface area contributed by atoms with Crippen molar-refractivity contribution in [1.82, 2.24) is 0 Å². The van der Waals surface area contributed by atoms with Crippen LogP contribution in [0.5, 0.6) is 5.75 Å². The maximum absolute atomic E-state index is 11.7. The second-order valence-corrected chi connectivity index (χ2v) is 7.00. The van der Waals surface area contributed by atoms with Gasteiger partial charge in [0.05, 0.1) is 6.04 Å². The van der Waals surface area contributed by atoms with Crippen LogP contribution in [0.2, 0.25) is 0 Å². The minimum atomic E-state index is -0.316. The van der Waals surface area contributed by atoms with E-state index < -0.39 is 0 Å². The fourth-order valence-electron chi connectivity index (χ4n) is 4.05. The summed E-state index contributed by atoms with van der Waals surface area (Å²) in [5.74, 6) is 1.05. The van der Waals surface area contributed by atoms with Crippen LogP contribution in [0.25, 0.3) is 0 Å². The van der Waals surface area contributed by atoms with Gasteiger partial charge in [-0.2, -0.15) is 0 Å². The van der Waals surface area contributed by atoms with Gasteiger partial charge in [0.2, 0.25) is 0 Å². The number of nitrogens with one attached hydrogen (secondary N) is 1. The van der Waals surface area contributed by atoms with Crippen LogP contribution in [-0.2, 0) is 4.79 Å². The number of fused-ring (bicyclic) bond motifs is 3. The number of benzene rings is 2. The highest BCUT2D eigenvalue weighted by atomic mass is 16.5. The molecule has 4 heteroatoms. The Kier molecular flexibility index (Phi) is 4.11.